The lowest BCUT2D eigenvalue weighted by atomic mass is 10.1. The number of rotatable bonds is 5. The smallest absolute Gasteiger partial charge is 0.144 e. The molecule has 2 aromatic rings. The largest absolute Gasteiger partial charge is 0.299 e. The molecule has 0 aromatic carbocycles. The van der Waals surface area contributed by atoms with Crippen molar-refractivity contribution in [2.24, 2.45) is 0 Å². The normalized spacial score (nSPS) is 10.7. The van der Waals surface area contributed by atoms with Gasteiger partial charge in [-0.3, -0.25) is 9.48 Å². The quantitative estimate of drug-likeness (QED) is 0.815. The number of aromatic nitrogens is 2. The second kappa shape index (κ2) is 5.27. The minimum Gasteiger partial charge on any atom is -0.299 e. The van der Waals surface area contributed by atoms with Crippen LogP contribution < -0.4 is 0 Å². The molecule has 2 aromatic heterocycles. The molecule has 0 saturated carbocycles. The molecule has 4 heteroatoms. The van der Waals surface area contributed by atoms with Gasteiger partial charge in [0.15, 0.2) is 0 Å². The number of hydrogen-bond donors (Lipinski definition) is 0. The summed E-state index contributed by atoms with van der Waals surface area (Å²) in [4.78, 5) is 13.1. The lowest BCUT2D eigenvalue weighted by Crippen LogP contribution is -2.10. The third-order valence-electron chi connectivity index (χ3n) is 2.61. The van der Waals surface area contributed by atoms with Crippen LogP contribution in [-0.2, 0) is 24.2 Å². The van der Waals surface area contributed by atoms with Crippen LogP contribution in [0.2, 0.25) is 0 Å². The minimum absolute atomic E-state index is 0.252. The van der Waals surface area contributed by atoms with E-state index in [0.717, 1.165) is 22.8 Å². The molecular weight excluding hydrogens is 232 g/mol. The van der Waals surface area contributed by atoms with E-state index in [1.807, 2.05) is 42.1 Å². The van der Waals surface area contributed by atoms with Crippen LogP contribution in [0.1, 0.15) is 23.2 Å². The van der Waals surface area contributed by atoms with E-state index < -0.39 is 0 Å². The highest BCUT2D eigenvalue weighted by Crippen LogP contribution is 2.12. The van der Waals surface area contributed by atoms with Crippen molar-refractivity contribution in [1.29, 1.82) is 0 Å². The van der Waals surface area contributed by atoms with Gasteiger partial charge in [-0.1, -0.05) is 6.07 Å². The predicted molar refractivity (Wildman–Crippen MR) is 69.4 cm³/mol. The fraction of sp³-hybridized carbons (Fsp3) is 0.385. The Morgan fingerprint density at radius 2 is 2.29 bits per heavy atom. The molecule has 0 fully saturated rings. The molecule has 0 aliphatic heterocycles. The summed E-state index contributed by atoms with van der Waals surface area (Å²) in [7, 11) is 0. The van der Waals surface area contributed by atoms with Gasteiger partial charge >= 0.3 is 0 Å². The molecule has 0 aliphatic carbocycles. The Morgan fingerprint density at radius 3 is 2.94 bits per heavy atom. The second-order valence-electron chi connectivity index (χ2n) is 4.06. The van der Waals surface area contributed by atoms with Crippen LogP contribution in [-0.4, -0.2) is 15.6 Å². The van der Waals surface area contributed by atoms with Crippen LogP contribution in [0.3, 0.4) is 0 Å². The lowest BCUT2D eigenvalue weighted by molar-refractivity contribution is -0.117. The standard InChI is InChI=1S/C13H16N2OS/c1-3-15-11(7-10(2)14-15)8-12(16)9-13-5-4-6-17-13/h4-7H,3,8-9H2,1-2H3. The van der Waals surface area contributed by atoms with E-state index in [-0.39, 0.29) is 5.78 Å². The van der Waals surface area contributed by atoms with Gasteiger partial charge in [0.05, 0.1) is 5.69 Å². The number of hydrogen-bond acceptors (Lipinski definition) is 3. The van der Waals surface area contributed by atoms with Gasteiger partial charge in [0.1, 0.15) is 5.78 Å². The fourth-order valence-electron chi connectivity index (χ4n) is 1.89. The van der Waals surface area contributed by atoms with Crippen LogP contribution in [0.4, 0.5) is 0 Å². The van der Waals surface area contributed by atoms with Crippen molar-refractivity contribution >= 4 is 17.1 Å². The van der Waals surface area contributed by atoms with Crippen molar-refractivity contribution in [3.8, 4) is 0 Å². The van der Waals surface area contributed by atoms with Crippen LogP contribution in [0.5, 0.6) is 0 Å². The topological polar surface area (TPSA) is 34.9 Å². The van der Waals surface area contributed by atoms with E-state index in [4.69, 9.17) is 0 Å². The molecule has 2 heterocycles. The number of ketones is 1. The zero-order chi connectivity index (χ0) is 12.3. The van der Waals surface area contributed by atoms with Gasteiger partial charge in [-0.05, 0) is 31.4 Å². The van der Waals surface area contributed by atoms with Crippen molar-refractivity contribution < 1.29 is 4.79 Å². The molecule has 0 spiro atoms. The molecule has 0 unspecified atom stereocenters. The number of thiophene rings is 1. The molecule has 0 saturated heterocycles. The first-order valence-electron chi connectivity index (χ1n) is 5.76. The highest BCUT2D eigenvalue weighted by molar-refractivity contribution is 7.10. The molecule has 17 heavy (non-hydrogen) atoms. The number of Topliss-reactive ketones (excluding diaryl/α,β-unsaturated/α-hetero) is 1. The number of carbonyl (C=O) groups excluding carboxylic acids is 1. The Labute approximate surface area is 105 Å². The minimum atomic E-state index is 0.252. The Bertz CT molecular complexity index is 499. The third-order valence-corrected chi connectivity index (χ3v) is 3.49. The van der Waals surface area contributed by atoms with E-state index in [1.165, 1.54) is 0 Å². The van der Waals surface area contributed by atoms with Crippen molar-refractivity contribution in [3.05, 3.63) is 39.8 Å². The average molecular weight is 248 g/mol. The van der Waals surface area contributed by atoms with Gasteiger partial charge in [0.2, 0.25) is 0 Å². The molecule has 2 rings (SSSR count). The molecule has 0 amide bonds. The SMILES string of the molecule is CCn1nc(C)cc1CC(=O)Cc1cccs1. The molecule has 0 radical (unpaired) electrons. The highest BCUT2D eigenvalue weighted by Gasteiger charge is 2.10. The molecule has 0 aliphatic rings. The van der Waals surface area contributed by atoms with Crippen LogP contribution in [0.25, 0.3) is 0 Å². The summed E-state index contributed by atoms with van der Waals surface area (Å²) in [6.45, 7) is 4.81. The summed E-state index contributed by atoms with van der Waals surface area (Å²) in [5, 5.41) is 6.35. The molecule has 3 nitrogen and oxygen atoms in total. The van der Waals surface area contributed by atoms with Crippen LogP contribution in [0, 0.1) is 6.92 Å². The Balaban J connectivity index is 2.02. The predicted octanol–water partition coefficient (Wildman–Crippen LogP) is 2.63. The Hall–Kier alpha value is -1.42. The highest BCUT2D eigenvalue weighted by atomic mass is 32.1. The van der Waals surface area contributed by atoms with E-state index in [0.29, 0.717) is 12.8 Å². The van der Waals surface area contributed by atoms with Gasteiger partial charge in [-0.25, -0.2) is 0 Å². The zero-order valence-corrected chi connectivity index (χ0v) is 11.0. The Kier molecular flexibility index (Phi) is 3.74. The summed E-state index contributed by atoms with van der Waals surface area (Å²) in [5.41, 5.74) is 2.00. The number of nitrogens with zero attached hydrogens (tertiary/aromatic N) is 2. The molecule has 0 bridgehead atoms. The molecule has 0 N–H and O–H groups in total. The average Bonchev–Trinajstić information content (AvgIpc) is 2.88. The monoisotopic (exact) mass is 248 g/mol. The van der Waals surface area contributed by atoms with Crippen molar-refractivity contribution in [2.75, 3.05) is 0 Å². The first-order chi connectivity index (χ1) is 8.19. The second-order valence-corrected chi connectivity index (χ2v) is 5.10. The van der Waals surface area contributed by atoms with Crippen LogP contribution in [0.15, 0.2) is 23.6 Å². The summed E-state index contributed by atoms with van der Waals surface area (Å²) in [6, 6.07) is 5.98. The first kappa shape index (κ1) is 12.0. The van der Waals surface area contributed by atoms with Crippen molar-refractivity contribution in [3.63, 3.8) is 0 Å². The number of aryl methyl sites for hydroxylation is 2. The lowest BCUT2D eigenvalue weighted by Gasteiger charge is -2.03. The first-order valence-corrected chi connectivity index (χ1v) is 6.64. The Morgan fingerprint density at radius 1 is 1.47 bits per heavy atom. The molecular formula is C13H16N2OS. The maximum atomic E-state index is 11.9. The molecule has 0 atom stereocenters. The van der Waals surface area contributed by atoms with E-state index in [9.17, 15) is 4.79 Å². The maximum Gasteiger partial charge on any atom is 0.144 e. The zero-order valence-electron chi connectivity index (χ0n) is 10.1. The summed E-state index contributed by atoms with van der Waals surface area (Å²) in [5.74, 6) is 0.252. The summed E-state index contributed by atoms with van der Waals surface area (Å²) in [6.07, 6.45) is 1.01. The summed E-state index contributed by atoms with van der Waals surface area (Å²) >= 11 is 1.63. The van der Waals surface area contributed by atoms with Gasteiger partial charge < -0.3 is 0 Å². The maximum absolute atomic E-state index is 11.9. The van der Waals surface area contributed by atoms with Gasteiger partial charge in [-0.15, -0.1) is 11.3 Å². The van der Waals surface area contributed by atoms with E-state index in [1.54, 1.807) is 11.3 Å². The number of carbonyl (C=O) groups is 1. The van der Waals surface area contributed by atoms with Gasteiger partial charge in [0.25, 0.3) is 0 Å². The fourth-order valence-corrected chi connectivity index (χ4v) is 2.62. The van der Waals surface area contributed by atoms with Gasteiger partial charge in [-0.2, -0.15) is 5.10 Å². The van der Waals surface area contributed by atoms with Crippen molar-refractivity contribution in [1.82, 2.24) is 9.78 Å². The van der Waals surface area contributed by atoms with E-state index in [2.05, 4.69) is 5.10 Å². The molecule has 90 valence electrons. The van der Waals surface area contributed by atoms with Gasteiger partial charge in [0, 0.05) is 30.0 Å². The van der Waals surface area contributed by atoms with Crippen molar-refractivity contribution in [2.45, 2.75) is 33.2 Å². The van der Waals surface area contributed by atoms with E-state index >= 15 is 0 Å². The van der Waals surface area contributed by atoms with Crippen LogP contribution >= 0.6 is 11.3 Å². The third kappa shape index (κ3) is 3.03. The summed E-state index contributed by atoms with van der Waals surface area (Å²) < 4.78 is 1.90.